The predicted octanol–water partition coefficient (Wildman–Crippen LogP) is -0.643. The van der Waals surface area contributed by atoms with E-state index in [0.717, 1.165) is 0 Å². The third kappa shape index (κ3) is 2.27. The molecule has 0 aromatic rings. The van der Waals surface area contributed by atoms with Gasteiger partial charge in [-0.05, 0) is 0 Å². The molecule has 1 radical (unpaired) electrons. The Kier molecular flexibility index (Phi) is 3.90. The van der Waals surface area contributed by atoms with Gasteiger partial charge >= 0.3 is 0 Å². The van der Waals surface area contributed by atoms with Crippen LogP contribution in [0.25, 0.3) is 0 Å². The Morgan fingerprint density at radius 3 is 2.80 bits per heavy atom. The van der Waals surface area contributed by atoms with Gasteiger partial charge in [-0.3, -0.25) is 21.1 Å². The van der Waals surface area contributed by atoms with Crippen molar-refractivity contribution in [2.75, 3.05) is 6.54 Å². The molecule has 5 nitrogen and oxygen atoms in total. The third-order valence-corrected chi connectivity index (χ3v) is 0.853. The van der Waals surface area contributed by atoms with E-state index in [4.69, 9.17) is 16.7 Å². The third-order valence-electron chi connectivity index (χ3n) is 0.853. The zero-order valence-electron chi connectivity index (χ0n) is 5.52. The summed E-state index contributed by atoms with van der Waals surface area (Å²) in [4.78, 5) is 1.17. The van der Waals surface area contributed by atoms with Crippen LogP contribution in [-0.4, -0.2) is 23.7 Å². The van der Waals surface area contributed by atoms with E-state index in [1.807, 2.05) is 6.34 Å². The number of hydrogen-bond donors (Lipinski definition) is 4. The minimum atomic E-state index is -0.0742. The predicted molar refractivity (Wildman–Crippen MR) is 39.7 cm³/mol. The first-order chi connectivity index (χ1) is 4.76. The molecule has 0 spiro atoms. The van der Waals surface area contributed by atoms with Gasteiger partial charge in [0.15, 0.2) is 6.34 Å². The van der Waals surface area contributed by atoms with Crippen LogP contribution in [0.3, 0.4) is 0 Å². The highest BCUT2D eigenvalue weighted by Crippen LogP contribution is 1.80. The molecule has 0 bridgehead atoms. The number of hydrazine groups is 1. The number of guanidine groups is 1. The molecule has 0 aliphatic rings. The fourth-order valence-corrected chi connectivity index (χ4v) is 0.400. The molecule has 0 heterocycles. The Balaban J connectivity index is 3.91. The summed E-state index contributed by atoms with van der Waals surface area (Å²) < 4.78 is 0. The van der Waals surface area contributed by atoms with E-state index < -0.39 is 0 Å². The number of nitrogens with two attached hydrogens (primary N) is 1. The lowest BCUT2D eigenvalue weighted by molar-refractivity contribution is 0.650. The molecule has 0 aromatic heterocycles. The van der Waals surface area contributed by atoms with Crippen LogP contribution in [-0.2, 0) is 0 Å². The van der Waals surface area contributed by atoms with Gasteiger partial charge < -0.3 is 0 Å². The second-order valence-electron chi connectivity index (χ2n) is 1.50. The highest BCUT2D eigenvalue weighted by atomic mass is 15.4. The van der Waals surface area contributed by atoms with E-state index in [9.17, 15) is 0 Å². The Bertz CT molecular complexity index is 141. The lowest BCUT2D eigenvalue weighted by atomic mass is 10.5. The van der Waals surface area contributed by atoms with Crippen LogP contribution in [0.5, 0.6) is 0 Å². The summed E-state index contributed by atoms with van der Waals surface area (Å²) in [5.41, 5.74) is 2.08. The highest BCUT2D eigenvalue weighted by molar-refractivity contribution is 5.86. The monoisotopic (exact) mass is 140 g/mol. The number of hydrogen-bond acceptors (Lipinski definition) is 3. The van der Waals surface area contributed by atoms with E-state index in [1.54, 1.807) is 6.08 Å². The van der Waals surface area contributed by atoms with Crippen LogP contribution in [0.2, 0.25) is 0 Å². The molecule has 0 aromatic carbocycles. The Labute approximate surface area is 59.5 Å². The minimum Gasteiger partial charge on any atom is -0.294 e. The lowest BCUT2D eigenvalue weighted by Gasteiger charge is -2.14. The number of nitrogens with one attached hydrogen (secondary N) is 3. The van der Waals surface area contributed by atoms with Crippen molar-refractivity contribution in [1.29, 1.82) is 10.8 Å². The molecule has 0 atom stereocenters. The quantitative estimate of drug-likeness (QED) is 0.105. The maximum Gasteiger partial charge on any atom is 0.211 e. The molecular weight excluding hydrogens is 130 g/mol. The van der Waals surface area contributed by atoms with Crippen LogP contribution in [0.1, 0.15) is 0 Å². The maximum absolute atomic E-state index is 7.06. The fraction of sp³-hybridized carbons (Fsp3) is 0.200. The number of rotatable bonds is 3. The van der Waals surface area contributed by atoms with Crippen molar-refractivity contribution < 1.29 is 0 Å². The largest absolute Gasteiger partial charge is 0.294 e. The Morgan fingerprint density at radius 2 is 2.50 bits per heavy atom. The van der Waals surface area contributed by atoms with Crippen LogP contribution in [0.15, 0.2) is 12.7 Å². The van der Waals surface area contributed by atoms with Crippen molar-refractivity contribution in [2.24, 2.45) is 5.84 Å². The summed E-state index contributed by atoms with van der Waals surface area (Å²) in [6, 6.07) is 0. The van der Waals surface area contributed by atoms with E-state index >= 15 is 0 Å². The van der Waals surface area contributed by atoms with E-state index in [2.05, 4.69) is 12.0 Å². The van der Waals surface area contributed by atoms with E-state index in [-0.39, 0.29) is 5.96 Å². The van der Waals surface area contributed by atoms with E-state index in [0.29, 0.717) is 6.54 Å². The topological polar surface area (TPSA) is 89.0 Å². The van der Waals surface area contributed by atoms with Gasteiger partial charge in [0.1, 0.15) is 0 Å². The summed E-state index contributed by atoms with van der Waals surface area (Å²) in [6.45, 7) is 3.79. The average molecular weight is 140 g/mol. The average Bonchev–Trinajstić information content (AvgIpc) is 1.99. The fourth-order valence-electron chi connectivity index (χ4n) is 0.400. The molecule has 55 valence electrons. The van der Waals surface area contributed by atoms with Crippen molar-refractivity contribution >= 4 is 12.3 Å². The van der Waals surface area contributed by atoms with Crippen molar-refractivity contribution in [3.05, 3.63) is 12.7 Å². The molecule has 5 heteroatoms. The molecule has 0 aliphatic heterocycles. The zero-order chi connectivity index (χ0) is 7.98. The highest BCUT2D eigenvalue weighted by Gasteiger charge is 2.01. The smallest absolute Gasteiger partial charge is 0.211 e. The van der Waals surface area contributed by atoms with Gasteiger partial charge in [0, 0.05) is 6.54 Å². The van der Waals surface area contributed by atoms with E-state index in [1.165, 1.54) is 4.90 Å². The van der Waals surface area contributed by atoms with Crippen molar-refractivity contribution in [2.45, 2.75) is 0 Å². The Hall–Kier alpha value is -1.36. The van der Waals surface area contributed by atoms with Gasteiger partial charge in [-0.2, -0.15) is 0 Å². The zero-order valence-corrected chi connectivity index (χ0v) is 5.52. The molecule has 0 saturated carbocycles. The first-order valence-electron chi connectivity index (χ1n) is 2.62. The Morgan fingerprint density at radius 1 is 1.90 bits per heavy atom. The first-order valence-corrected chi connectivity index (χ1v) is 2.62. The summed E-state index contributed by atoms with van der Waals surface area (Å²) in [6.07, 6.45) is 3.55. The summed E-state index contributed by atoms with van der Waals surface area (Å²) in [5.74, 6) is 4.83. The van der Waals surface area contributed by atoms with Crippen molar-refractivity contribution in [1.82, 2.24) is 10.3 Å². The van der Waals surface area contributed by atoms with Gasteiger partial charge in [-0.15, -0.1) is 6.58 Å². The molecule has 0 unspecified atom stereocenters. The summed E-state index contributed by atoms with van der Waals surface area (Å²) in [5, 5.41) is 13.7. The molecule has 0 fully saturated rings. The second kappa shape index (κ2) is 4.51. The van der Waals surface area contributed by atoms with Gasteiger partial charge in [0.2, 0.25) is 5.96 Å². The van der Waals surface area contributed by atoms with Crippen LogP contribution in [0.4, 0.5) is 0 Å². The molecular formula is C5H10N5. The molecule has 0 amide bonds. The van der Waals surface area contributed by atoms with Crippen LogP contribution >= 0.6 is 0 Å². The van der Waals surface area contributed by atoms with Crippen LogP contribution < -0.4 is 11.3 Å². The summed E-state index contributed by atoms with van der Waals surface area (Å²) in [7, 11) is 0. The first kappa shape index (κ1) is 8.64. The van der Waals surface area contributed by atoms with Crippen molar-refractivity contribution in [3.8, 4) is 0 Å². The van der Waals surface area contributed by atoms with Gasteiger partial charge in [-0.25, -0.2) is 5.84 Å². The molecule has 0 saturated heterocycles. The standard InChI is InChI=1S/C5H10N5/c1-2-3-10(4-6)5(7)9-8/h2,6H,1,3,8H2,(H2,7,9). The van der Waals surface area contributed by atoms with Gasteiger partial charge in [0.25, 0.3) is 0 Å². The molecule has 0 aliphatic carbocycles. The maximum atomic E-state index is 7.06. The lowest BCUT2D eigenvalue weighted by Crippen LogP contribution is -2.43. The van der Waals surface area contributed by atoms with Gasteiger partial charge in [0.05, 0.1) is 0 Å². The number of nitrogens with zero attached hydrogens (tertiary/aromatic N) is 1. The second-order valence-corrected chi connectivity index (χ2v) is 1.50. The molecule has 0 rings (SSSR count). The SMILES string of the molecule is C=CCN([C]=N)C(=N)NN. The molecule has 10 heavy (non-hydrogen) atoms. The minimum absolute atomic E-state index is 0.0742. The normalized spacial score (nSPS) is 8.10. The summed E-state index contributed by atoms with van der Waals surface area (Å²) >= 11 is 0. The molecule has 5 N–H and O–H groups in total. The van der Waals surface area contributed by atoms with Crippen LogP contribution in [0, 0.1) is 10.8 Å². The van der Waals surface area contributed by atoms with Gasteiger partial charge in [-0.1, -0.05) is 6.08 Å². The van der Waals surface area contributed by atoms with Crippen molar-refractivity contribution in [3.63, 3.8) is 0 Å².